The number of benzene rings is 2. The molecule has 1 aromatic heterocycles. The van der Waals surface area contributed by atoms with Crippen LogP contribution in [0.3, 0.4) is 0 Å². The zero-order chi connectivity index (χ0) is 22.6. The fraction of sp³-hybridized carbons (Fsp3) is 0.292. The molecule has 0 aliphatic heterocycles. The maximum atomic E-state index is 12.3. The van der Waals surface area contributed by atoms with Gasteiger partial charge in [-0.1, -0.05) is 39.0 Å². The second-order valence-corrected chi connectivity index (χ2v) is 8.02. The van der Waals surface area contributed by atoms with E-state index >= 15 is 0 Å². The number of ether oxygens (including phenoxy) is 2. The predicted molar refractivity (Wildman–Crippen MR) is 117 cm³/mol. The lowest BCUT2D eigenvalue weighted by molar-refractivity contribution is -0.136. The lowest BCUT2D eigenvalue weighted by Gasteiger charge is -2.22. The molecule has 0 radical (unpaired) electrons. The number of carbonyl (C=O) groups excluding carboxylic acids is 2. The highest BCUT2D eigenvalue weighted by Gasteiger charge is 2.19. The van der Waals surface area contributed by atoms with Crippen molar-refractivity contribution in [2.45, 2.75) is 33.1 Å². The van der Waals surface area contributed by atoms with E-state index in [0.717, 1.165) is 5.56 Å². The predicted octanol–water partition coefficient (Wildman–Crippen LogP) is 3.82. The monoisotopic (exact) mass is 423 g/mol. The number of para-hydroxylation sites is 1. The van der Waals surface area contributed by atoms with E-state index in [1.807, 2.05) is 24.3 Å². The van der Waals surface area contributed by atoms with Crippen LogP contribution in [0.1, 0.15) is 43.6 Å². The van der Waals surface area contributed by atoms with Crippen molar-refractivity contribution in [3.8, 4) is 11.5 Å². The van der Waals surface area contributed by atoms with Gasteiger partial charge < -0.3 is 19.2 Å². The number of esters is 1. The van der Waals surface area contributed by atoms with Crippen molar-refractivity contribution in [2.75, 3.05) is 13.2 Å². The van der Waals surface area contributed by atoms with E-state index in [0.29, 0.717) is 17.7 Å². The summed E-state index contributed by atoms with van der Waals surface area (Å²) in [6, 6.07) is 13.6. The van der Waals surface area contributed by atoms with Gasteiger partial charge >= 0.3 is 11.6 Å². The average Bonchev–Trinajstić information content (AvgIpc) is 2.71. The Morgan fingerprint density at radius 1 is 1.06 bits per heavy atom. The maximum Gasteiger partial charge on any atom is 0.349 e. The van der Waals surface area contributed by atoms with E-state index in [1.54, 1.807) is 19.1 Å². The van der Waals surface area contributed by atoms with Crippen LogP contribution in [0.25, 0.3) is 11.0 Å². The molecule has 162 valence electrons. The van der Waals surface area contributed by atoms with E-state index in [2.05, 4.69) is 26.1 Å². The minimum Gasteiger partial charge on any atom is -0.482 e. The summed E-state index contributed by atoms with van der Waals surface area (Å²) in [5.74, 6) is -0.265. The third-order valence-corrected chi connectivity index (χ3v) is 4.56. The number of hydrogen-bond donors (Lipinski definition) is 1. The Hall–Kier alpha value is -3.61. The van der Waals surface area contributed by atoms with Gasteiger partial charge in [0.05, 0.1) is 0 Å². The molecule has 0 spiro atoms. The van der Waals surface area contributed by atoms with Crippen molar-refractivity contribution in [3.63, 3.8) is 0 Å². The van der Waals surface area contributed by atoms with E-state index in [9.17, 15) is 14.4 Å². The highest BCUT2D eigenvalue weighted by molar-refractivity contribution is 5.96. The zero-order valence-electron chi connectivity index (χ0n) is 18.0. The molecule has 0 saturated heterocycles. The van der Waals surface area contributed by atoms with Gasteiger partial charge in [0.15, 0.2) is 6.61 Å². The summed E-state index contributed by atoms with van der Waals surface area (Å²) in [7, 11) is 0. The molecule has 0 unspecified atom stereocenters. The van der Waals surface area contributed by atoms with Crippen LogP contribution in [0, 0.1) is 0 Å². The maximum absolute atomic E-state index is 12.3. The van der Waals surface area contributed by atoms with Gasteiger partial charge in [0.2, 0.25) is 0 Å². The molecular formula is C24H25NO6. The first-order valence-corrected chi connectivity index (χ1v) is 9.98. The number of carbonyl (C=O) groups is 2. The van der Waals surface area contributed by atoms with Gasteiger partial charge in [-0.25, -0.2) is 9.59 Å². The first-order valence-electron chi connectivity index (χ1n) is 9.98. The molecule has 1 N–H and O–H groups in total. The minimum absolute atomic E-state index is 0.0787. The smallest absolute Gasteiger partial charge is 0.349 e. The van der Waals surface area contributed by atoms with Crippen LogP contribution in [-0.4, -0.2) is 25.0 Å². The Morgan fingerprint density at radius 2 is 1.81 bits per heavy atom. The van der Waals surface area contributed by atoms with E-state index in [4.69, 9.17) is 13.9 Å². The molecule has 7 nitrogen and oxygen atoms in total. The summed E-state index contributed by atoms with van der Waals surface area (Å²) < 4.78 is 16.2. The Labute approximate surface area is 180 Å². The van der Waals surface area contributed by atoms with Crippen LogP contribution in [0.4, 0.5) is 0 Å². The van der Waals surface area contributed by atoms with Gasteiger partial charge in [-0.2, -0.15) is 0 Å². The molecule has 31 heavy (non-hydrogen) atoms. The molecular weight excluding hydrogens is 398 g/mol. The normalized spacial score (nSPS) is 11.2. The van der Waals surface area contributed by atoms with Gasteiger partial charge in [0, 0.05) is 18.0 Å². The quantitative estimate of drug-likeness (QED) is 0.368. The van der Waals surface area contributed by atoms with Crippen molar-refractivity contribution in [3.05, 3.63) is 70.1 Å². The fourth-order valence-corrected chi connectivity index (χ4v) is 3.08. The van der Waals surface area contributed by atoms with Crippen LogP contribution >= 0.6 is 0 Å². The summed E-state index contributed by atoms with van der Waals surface area (Å²) in [4.78, 5) is 36.3. The van der Waals surface area contributed by atoms with Crippen LogP contribution in [0.15, 0.2) is 57.7 Å². The summed E-state index contributed by atoms with van der Waals surface area (Å²) in [6.45, 7) is 8.07. The molecule has 1 amide bonds. The van der Waals surface area contributed by atoms with Crippen LogP contribution in [0.5, 0.6) is 11.5 Å². The highest BCUT2D eigenvalue weighted by atomic mass is 16.6. The molecule has 7 heteroatoms. The van der Waals surface area contributed by atoms with Gasteiger partial charge in [-0.05, 0) is 42.2 Å². The van der Waals surface area contributed by atoms with Crippen molar-refractivity contribution in [1.29, 1.82) is 0 Å². The second-order valence-electron chi connectivity index (χ2n) is 8.02. The topological polar surface area (TPSA) is 94.8 Å². The standard InChI is InChI=1S/C24H25NO6/c1-5-25-22(27)17-12-15-10-11-16(13-20(15)31-23(17)28)30-21(26)14-29-19-9-7-6-8-18(19)24(2,3)4/h6-13H,5,14H2,1-4H3,(H,25,27). The summed E-state index contributed by atoms with van der Waals surface area (Å²) in [5, 5.41) is 3.10. The summed E-state index contributed by atoms with van der Waals surface area (Å²) in [5.41, 5.74) is 0.220. The van der Waals surface area contributed by atoms with Gasteiger partial charge in [-0.15, -0.1) is 0 Å². The number of rotatable bonds is 6. The Bertz CT molecular complexity index is 1170. The Kier molecular flexibility index (Phi) is 6.44. The molecule has 3 rings (SSSR count). The number of hydrogen-bond acceptors (Lipinski definition) is 6. The van der Waals surface area contributed by atoms with Gasteiger partial charge in [0.1, 0.15) is 22.6 Å². The van der Waals surface area contributed by atoms with E-state index in [-0.39, 0.29) is 28.9 Å². The second kappa shape index (κ2) is 9.04. The number of nitrogens with one attached hydrogen (secondary N) is 1. The van der Waals surface area contributed by atoms with Gasteiger partial charge in [0.25, 0.3) is 5.91 Å². The molecule has 0 saturated carbocycles. The minimum atomic E-state index is -0.760. The van der Waals surface area contributed by atoms with E-state index < -0.39 is 17.5 Å². The van der Waals surface area contributed by atoms with E-state index in [1.165, 1.54) is 12.1 Å². The van der Waals surface area contributed by atoms with Crippen molar-refractivity contribution in [2.24, 2.45) is 0 Å². The SMILES string of the molecule is CCNC(=O)c1cc2ccc(OC(=O)COc3ccccc3C(C)(C)C)cc2oc1=O. The van der Waals surface area contributed by atoms with Crippen molar-refractivity contribution in [1.82, 2.24) is 5.32 Å². The van der Waals surface area contributed by atoms with Crippen LogP contribution in [-0.2, 0) is 10.2 Å². The summed E-state index contributed by atoms with van der Waals surface area (Å²) in [6.07, 6.45) is 0. The van der Waals surface area contributed by atoms with Crippen LogP contribution < -0.4 is 20.4 Å². The Morgan fingerprint density at radius 3 is 2.52 bits per heavy atom. The summed E-state index contributed by atoms with van der Waals surface area (Å²) >= 11 is 0. The van der Waals surface area contributed by atoms with Crippen molar-refractivity contribution < 1.29 is 23.5 Å². The lowest BCUT2D eigenvalue weighted by atomic mass is 9.86. The van der Waals surface area contributed by atoms with Gasteiger partial charge in [-0.3, -0.25) is 4.79 Å². The number of fused-ring (bicyclic) bond motifs is 1. The first kappa shape index (κ1) is 22.1. The molecule has 1 heterocycles. The molecule has 0 aliphatic carbocycles. The third-order valence-electron chi connectivity index (χ3n) is 4.56. The molecule has 0 fully saturated rings. The molecule has 0 atom stereocenters. The highest BCUT2D eigenvalue weighted by Crippen LogP contribution is 2.31. The largest absolute Gasteiger partial charge is 0.482 e. The lowest BCUT2D eigenvalue weighted by Crippen LogP contribution is -2.27. The molecule has 2 aromatic carbocycles. The molecule has 0 bridgehead atoms. The third kappa shape index (κ3) is 5.31. The number of amides is 1. The first-order chi connectivity index (χ1) is 14.7. The fourth-order valence-electron chi connectivity index (χ4n) is 3.08. The molecule has 0 aliphatic rings. The zero-order valence-corrected chi connectivity index (χ0v) is 18.0. The molecule has 3 aromatic rings. The average molecular weight is 423 g/mol. The van der Waals surface area contributed by atoms with Crippen molar-refractivity contribution >= 4 is 22.8 Å². The van der Waals surface area contributed by atoms with Crippen LogP contribution in [0.2, 0.25) is 0 Å². The Balaban J connectivity index is 1.72.